The highest BCUT2D eigenvalue weighted by Crippen LogP contribution is 2.33. The van der Waals surface area contributed by atoms with Crippen molar-refractivity contribution in [1.82, 2.24) is 5.32 Å². The minimum Gasteiger partial charge on any atom is -0.381 e. The van der Waals surface area contributed by atoms with Gasteiger partial charge in [-0.25, -0.2) is 0 Å². The third-order valence-corrected chi connectivity index (χ3v) is 5.23. The molecule has 0 aromatic carbocycles. The number of hydrogen-bond acceptors (Lipinski definition) is 2. The summed E-state index contributed by atoms with van der Waals surface area (Å²) < 4.78 is 0. The van der Waals surface area contributed by atoms with Gasteiger partial charge in [0.15, 0.2) is 5.78 Å². The summed E-state index contributed by atoms with van der Waals surface area (Å²) in [4.78, 5) is 12.3. The fraction of sp³-hybridized carbons (Fsp3) is 0.741. The summed E-state index contributed by atoms with van der Waals surface area (Å²) in [6.45, 7) is 19.8. The van der Waals surface area contributed by atoms with Gasteiger partial charge in [-0.1, -0.05) is 99.6 Å². The zero-order valence-electron chi connectivity index (χ0n) is 21.2. The van der Waals surface area contributed by atoms with E-state index < -0.39 is 0 Å². The van der Waals surface area contributed by atoms with Crippen molar-refractivity contribution in [2.24, 2.45) is 5.92 Å². The van der Waals surface area contributed by atoms with Gasteiger partial charge in [-0.2, -0.15) is 0 Å². The second kappa shape index (κ2) is 20.0. The number of allylic oxidation sites excluding steroid dienone is 4. The van der Waals surface area contributed by atoms with E-state index in [1.807, 2.05) is 40.7 Å². The number of rotatable bonds is 12. The Bertz CT molecular complexity index is 503. The number of carbonyl (C=O) groups excluding carboxylic acids is 1. The number of dihydropyridines is 1. The lowest BCUT2D eigenvalue weighted by molar-refractivity contribution is -0.114. The van der Waals surface area contributed by atoms with Gasteiger partial charge in [-0.3, -0.25) is 4.79 Å². The third kappa shape index (κ3) is 11.5. The predicted molar refractivity (Wildman–Crippen MR) is 132 cm³/mol. The molecule has 0 unspecified atom stereocenters. The summed E-state index contributed by atoms with van der Waals surface area (Å²) in [5.41, 5.74) is 5.35. The Morgan fingerprint density at radius 1 is 0.966 bits per heavy atom. The summed E-state index contributed by atoms with van der Waals surface area (Å²) in [5, 5.41) is 3.67. The van der Waals surface area contributed by atoms with Crippen LogP contribution >= 0.6 is 0 Å². The molecule has 2 heteroatoms. The highest BCUT2D eigenvalue weighted by atomic mass is 16.1. The SMILES string of the molecule is CC.CC.CCCCC(CCCC)/C(=C\C(=O)CC)C1=C(CC)C=C(CC)CN1. The van der Waals surface area contributed by atoms with Crippen LogP contribution in [0.4, 0.5) is 0 Å². The van der Waals surface area contributed by atoms with Crippen LogP contribution in [0.25, 0.3) is 0 Å². The number of ketones is 1. The first-order valence-electron chi connectivity index (χ1n) is 12.5. The molecular weight excluding hydrogens is 354 g/mol. The Morgan fingerprint density at radius 3 is 1.93 bits per heavy atom. The second-order valence-corrected chi connectivity index (χ2v) is 7.16. The molecule has 1 aliphatic heterocycles. The van der Waals surface area contributed by atoms with E-state index in [-0.39, 0.29) is 5.78 Å². The third-order valence-electron chi connectivity index (χ3n) is 5.23. The van der Waals surface area contributed by atoms with Crippen LogP contribution < -0.4 is 5.32 Å². The number of carbonyl (C=O) groups is 1. The number of hydrogen-bond donors (Lipinski definition) is 1. The Hall–Kier alpha value is -1.31. The molecule has 1 rings (SSSR count). The lowest BCUT2D eigenvalue weighted by atomic mass is 9.83. The number of nitrogens with one attached hydrogen (secondary N) is 1. The average Bonchev–Trinajstić information content (AvgIpc) is 2.80. The second-order valence-electron chi connectivity index (χ2n) is 7.16. The van der Waals surface area contributed by atoms with Gasteiger partial charge in [0.05, 0.1) is 0 Å². The zero-order valence-corrected chi connectivity index (χ0v) is 21.2. The molecule has 1 aliphatic rings. The van der Waals surface area contributed by atoms with Crippen LogP contribution in [0.5, 0.6) is 0 Å². The highest BCUT2D eigenvalue weighted by Gasteiger charge is 2.22. The maximum Gasteiger partial charge on any atom is 0.155 e. The molecule has 1 heterocycles. The van der Waals surface area contributed by atoms with E-state index >= 15 is 0 Å². The normalized spacial score (nSPS) is 13.7. The lowest BCUT2D eigenvalue weighted by Crippen LogP contribution is -2.26. The highest BCUT2D eigenvalue weighted by molar-refractivity contribution is 5.90. The van der Waals surface area contributed by atoms with Gasteiger partial charge in [0.1, 0.15) is 0 Å². The van der Waals surface area contributed by atoms with Gasteiger partial charge in [-0.15, -0.1) is 0 Å². The van der Waals surface area contributed by atoms with E-state index in [2.05, 4.69) is 39.1 Å². The standard InChI is InChI=1S/C23H39NO.2C2H6/c1-6-11-13-20(14-12-7-2)22(16-21(25)10-5)23-19(9-4)15-18(8-3)17-24-23;2*1-2/h15-16,20,24H,6-14,17H2,1-5H3;2*1-2H3/b22-16+;;. The minimum atomic E-state index is 0.253. The van der Waals surface area contributed by atoms with E-state index in [1.165, 1.54) is 60.9 Å². The predicted octanol–water partition coefficient (Wildman–Crippen LogP) is 8.54. The monoisotopic (exact) mass is 405 g/mol. The van der Waals surface area contributed by atoms with Gasteiger partial charge in [-0.05, 0) is 48.8 Å². The zero-order chi connectivity index (χ0) is 22.7. The first kappa shape index (κ1) is 29.9. The van der Waals surface area contributed by atoms with E-state index in [4.69, 9.17) is 0 Å². The van der Waals surface area contributed by atoms with Crippen LogP contribution in [0.15, 0.2) is 34.6 Å². The molecule has 0 fully saturated rings. The molecule has 29 heavy (non-hydrogen) atoms. The van der Waals surface area contributed by atoms with Crippen molar-refractivity contribution in [3.05, 3.63) is 34.6 Å². The molecule has 0 aromatic rings. The molecule has 0 saturated heterocycles. The largest absolute Gasteiger partial charge is 0.381 e. The van der Waals surface area contributed by atoms with Crippen LogP contribution in [-0.2, 0) is 4.79 Å². The first-order chi connectivity index (χ1) is 14.1. The molecule has 0 amide bonds. The van der Waals surface area contributed by atoms with Crippen molar-refractivity contribution in [2.45, 2.75) is 120 Å². The maximum atomic E-state index is 12.3. The maximum absolute atomic E-state index is 12.3. The van der Waals surface area contributed by atoms with Crippen LogP contribution in [0, 0.1) is 5.92 Å². The van der Waals surface area contributed by atoms with E-state index in [0.717, 1.165) is 19.4 Å². The smallest absolute Gasteiger partial charge is 0.155 e. The van der Waals surface area contributed by atoms with Crippen LogP contribution in [0.1, 0.15) is 120 Å². The molecule has 1 N–H and O–H groups in total. The first-order valence-corrected chi connectivity index (χ1v) is 12.5. The van der Waals surface area contributed by atoms with Gasteiger partial charge >= 0.3 is 0 Å². The summed E-state index contributed by atoms with van der Waals surface area (Å²) in [6.07, 6.45) is 14.3. The van der Waals surface area contributed by atoms with Gasteiger partial charge < -0.3 is 5.32 Å². The summed E-state index contributed by atoms with van der Waals surface area (Å²) in [5.74, 6) is 0.749. The van der Waals surface area contributed by atoms with Crippen molar-refractivity contribution in [1.29, 1.82) is 0 Å². The van der Waals surface area contributed by atoms with E-state index in [1.54, 1.807) is 0 Å². The van der Waals surface area contributed by atoms with Crippen molar-refractivity contribution in [2.75, 3.05) is 6.54 Å². The minimum absolute atomic E-state index is 0.253. The molecule has 0 radical (unpaired) electrons. The van der Waals surface area contributed by atoms with E-state index in [9.17, 15) is 4.79 Å². The lowest BCUT2D eigenvalue weighted by Gasteiger charge is -2.28. The van der Waals surface area contributed by atoms with Crippen molar-refractivity contribution in [3.63, 3.8) is 0 Å². The van der Waals surface area contributed by atoms with Crippen LogP contribution in [-0.4, -0.2) is 12.3 Å². The fourth-order valence-corrected chi connectivity index (χ4v) is 3.50. The van der Waals surface area contributed by atoms with Gasteiger partial charge in [0.2, 0.25) is 0 Å². The Morgan fingerprint density at radius 2 is 1.52 bits per heavy atom. The summed E-state index contributed by atoms with van der Waals surface area (Å²) in [7, 11) is 0. The molecule has 0 atom stereocenters. The molecule has 0 aromatic heterocycles. The van der Waals surface area contributed by atoms with Crippen LogP contribution in [0.2, 0.25) is 0 Å². The van der Waals surface area contributed by atoms with E-state index in [0.29, 0.717) is 12.3 Å². The topological polar surface area (TPSA) is 29.1 Å². The Labute approximate surface area is 183 Å². The van der Waals surface area contributed by atoms with Crippen molar-refractivity contribution >= 4 is 5.78 Å². The van der Waals surface area contributed by atoms with Gasteiger partial charge in [0.25, 0.3) is 0 Å². The molecule has 170 valence electrons. The quantitative estimate of drug-likeness (QED) is 0.329. The molecule has 0 bridgehead atoms. The fourth-order valence-electron chi connectivity index (χ4n) is 3.50. The Kier molecular flexibility index (Phi) is 20.6. The van der Waals surface area contributed by atoms with Crippen LogP contribution in [0.3, 0.4) is 0 Å². The van der Waals surface area contributed by atoms with Crippen molar-refractivity contribution < 1.29 is 4.79 Å². The Balaban J connectivity index is 0. The molecular formula is C27H51NO. The molecule has 0 spiro atoms. The summed E-state index contributed by atoms with van der Waals surface area (Å²) in [6, 6.07) is 0. The molecule has 0 aliphatic carbocycles. The average molecular weight is 406 g/mol. The van der Waals surface area contributed by atoms with Crippen molar-refractivity contribution in [3.8, 4) is 0 Å². The molecule has 0 saturated carbocycles. The number of unbranched alkanes of at least 4 members (excludes halogenated alkanes) is 2. The van der Waals surface area contributed by atoms with Gasteiger partial charge in [0, 0.05) is 18.7 Å². The molecule has 2 nitrogen and oxygen atoms in total. The summed E-state index contributed by atoms with van der Waals surface area (Å²) >= 11 is 0.